The van der Waals surface area contributed by atoms with Gasteiger partial charge in [0.25, 0.3) is 11.8 Å². The molecule has 0 spiro atoms. The number of likely N-dealkylation sites (N-methyl/N-ethyl adjacent to an activating group) is 1. The number of piperazine rings is 1. The van der Waals surface area contributed by atoms with Gasteiger partial charge in [-0.25, -0.2) is 9.97 Å². The van der Waals surface area contributed by atoms with Gasteiger partial charge in [-0.05, 0) is 47.5 Å². The summed E-state index contributed by atoms with van der Waals surface area (Å²) >= 11 is 0. The number of carbonyl (C=O) groups excluding carboxylic acids is 2. The van der Waals surface area contributed by atoms with Crippen LogP contribution in [0.1, 0.15) is 32.0 Å². The van der Waals surface area contributed by atoms with Crippen LogP contribution in [0.4, 0.5) is 5.95 Å². The summed E-state index contributed by atoms with van der Waals surface area (Å²) in [5.41, 5.74) is 11.4. The lowest BCUT2D eigenvalue weighted by atomic mass is 9.96. The van der Waals surface area contributed by atoms with Crippen molar-refractivity contribution in [3.63, 3.8) is 0 Å². The van der Waals surface area contributed by atoms with Crippen LogP contribution in [0.3, 0.4) is 0 Å². The molecule has 8 heteroatoms. The van der Waals surface area contributed by atoms with Crippen molar-refractivity contribution in [3.8, 4) is 11.1 Å². The van der Waals surface area contributed by atoms with Crippen LogP contribution in [-0.4, -0.2) is 69.7 Å². The van der Waals surface area contributed by atoms with E-state index in [4.69, 9.17) is 5.73 Å². The zero-order valence-corrected chi connectivity index (χ0v) is 20.7. The summed E-state index contributed by atoms with van der Waals surface area (Å²) in [5, 5.41) is 0.620. The molecule has 8 nitrogen and oxygen atoms in total. The van der Waals surface area contributed by atoms with Gasteiger partial charge in [0, 0.05) is 50.2 Å². The number of hydrogen-bond donors (Lipinski definition) is 1. The predicted molar refractivity (Wildman–Crippen MR) is 143 cm³/mol. The Morgan fingerprint density at radius 3 is 2.19 bits per heavy atom. The average Bonchev–Trinajstić information content (AvgIpc) is 3.36. The number of nitrogen functional groups attached to an aromatic ring is 1. The molecule has 1 aromatic heterocycles. The van der Waals surface area contributed by atoms with Crippen molar-refractivity contribution in [1.82, 2.24) is 24.7 Å². The molecule has 0 saturated carbocycles. The summed E-state index contributed by atoms with van der Waals surface area (Å²) in [5.74, 6) is -0.108. The zero-order valence-electron chi connectivity index (χ0n) is 20.7. The van der Waals surface area contributed by atoms with Crippen LogP contribution in [0.2, 0.25) is 0 Å². The number of rotatable bonds is 3. The van der Waals surface area contributed by atoms with E-state index in [2.05, 4.69) is 21.9 Å². The molecule has 1 saturated heterocycles. The maximum absolute atomic E-state index is 13.7. The molecule has 0 unspecified atom stereocenters. The molecule has 0 aliphatic carbocycles. The van der Waals surface area contributed by atoms with E-state index in [1.54, 1.807) is 4.90 Å². The van der Waals surface area contributed by atoms with Crippen molar-refractivity contribution in [2.45, 2.75) is 13.1 Å². The quantitative estimate of drug-likeness (QED) is 0.471. The van der Waals surface area contributed by atoms with E-state index in [1.807, 2.05) is 71.6 Å². The summed E-state index contributed by atoms with van der Waals surface area (Å²) < 4.78 is 0. The second kappa shape index (κ2) is 9.29. The van der Waals surface area contributed by atoms with Crippen LogP contribution in [0.15, 0.2) is 66.7 Å². The van der Waals surface area contributed by atoms with E-state index in [0.29, 0.717) is 42.6 Å². The van der Waals surface area contributed by atoms with Gasteiger partial charge in [0.1, 0.15) is 5.69 Å². The fourth-order valence-corrected chi connectivity index (χ4v) is 5.20. The third-order valence-electron chi connectivity index (χ3n) is 7.30. The zero-order chi connectivity index (χ0) is 25.5. The minimum absolute atomic E-state index is 0.0171. The molecular weight excluding hydrogens is 464 g/mol. The van der Waals surface area contributed by atoms with Crippen LogP contribution in [0, 0.1) is 0 Å². The van der Waals surface area contributed by atoms with Crippen molar-refractivity contribution in [1.29, 1.82) is 0 Å². The molecule has 3 heterocycles. The largest absolute Gasteiger partial charge is 0.368 e. The molecule has 3 aromatic carbocycles. The lowest BCUT2D eigenvalue weighted by Gasteiger charge is -2.32. The normalized spacial score (nSPS) is 15.7. The van der Waals surface area contributed by atoms with E-state index in [9.17, 15) is 9.59 Å². The van der Waals surface area contributed by atoms with Gasteiger partial charge in [-0.3, -0.25) is 9.59 Å². The number of carbonyl (C=O) groups is 2. The molecule has 1 fully saturated rings. The second-order valence-electron chi connectivity index (χ2n) is 9.73. The maximum atomic E-state index is 13.7. The molecule has 2 amide bonds. The molecule has 6 rings (SSSR count). The first kappa shape index (κ1) is 23.1. The van der Waals surface area contributed by atoms with Crippen molar-refractivity contribution >= 4 is 28.7 Å². The fourth-order valence-electron chi connectivity index (χ4n) is 5.20. The van der Waals surface area contributed by atoms with Gasteiger partial charge in [0.15, 0.2) is 0 Å². The molecule has 2 N–H and O–H groups in total. The van der Waals surface area contributed by atoms with Gasteiger partial charge in [-0.1, -0.05) is 48.5 Å². The number of anilines is 1. The Morgan fingerprint density at radius 2 is 1.46 bits per heavy atom. The highest BCUT2D eigenvalue weighted by Gasteiger charge is 2.27. The first-order chi connectivity index (χ1) is 18.0. The SMILES string of the molecule is CN1CCN(C(=O)c2ccccc2-c2ccc3nc(N)nc(C(=O)N4Cc5ccccc5C4)c3c2)CC1. The third-order valence-corrected chi connectivity index (χ3v) is 7.30. The van der Waals surface area contributed by atoms with Crippen LogP contribution in [-0.2, 0) is 13.1 Å². The average molecular weight is 493 g/mol. The minimum Gasteiger partial charge on any atom is -0.368 e. The van der Waals surface area contributed by atoms with Crippen molar-refractivity contribution in [2.24, 2.45) is 0 Å². The van der Waals surface area contributed by atoms with Crippen molar-refractivity contribution in [3.05, 3.63) is 89.1 Å². The molecule has 37 heavy (non-hydrogen) atoms. The summed E-state index contributed by atoms with van der Waals surface area (Å²) in [7, 11) is 2.07. The van der Waals surface area contributed by atoms with E-state index < -0.39 is 0 Å². The summed E-state index contributed by atoms with van der Waals surface area (Å²) in [6, 6.07) is 21.3. The summed E-state index contributed by atoms with van der Waals surface area (Å²) in [4.78, 5) is 41.8. The number of hydrogen-bond acceptors (Lipinski definition) is 6. The van der Waals surface area contributed by atoms with E-state index in [-0.39, 0.29) is 23.5 Å². The Balaban J connectivity index is 1.38. The van der Waals surface area contributed by atoms with Gasteiger partial charge < -0.3 is 20.4 Å². The Bertz CT molecular complexity index is 1500. The number of nitrogens with zero attached hydrogens (tertiary/aromatic N) is 5. The van der Waals surface area contributed by atoms with Crippen LogP contribution >= 0.6 is 0 Å². The van der Waals surface area contributed by atoms with Crippen LogP contribution in [0.25, 0.3) is 22.0 Å². The smallest absolute Gasteiger partial charge is 0.273 e. The van der Waals surface area contributed by atoms with Gasteiger partial charge in [0.2, 0.25) is 5.95 Å². The molecule has 2 aliphatic rings. The number of fused-ring (bicyclic) bond motifs is 2. The molecule has 0 atom stereocenters. The standard InChI is InChI=1S/C29H28N6O2/c1-33-12-14-34(15-13-33)27(36)23-9-5-4-8-22(23)19-10-11-25-24(16-19)26(32-29(30)31-25)28(37)35-17-20-6-2-3-7-21(20)18-35/h2-11,16H,12-15,17-18H2,1H3,(H2,30,31,32). The highest BCUT2D eigenvalue weighted by Crippen LogP contribution is 2.31. The Morgan fingerprint density at radius 1 is 0.784 bits per heavy atom. The first-order valence-corrected chi connectivity index (χ1v) is 12.5. The van der Waals surface area contributed by atoms with Crippen molar-refractivity contribution < 1.29 is 9.59 Å². The van der Waals surface area contributed by atoms with Crippen LogP contribution < -0.4 is 5.73 Å². The van der Waals surface area contributed by atoms with Gasteiger partial charge >= 0.3 is 0 Å². The molecule has 2 aliphatic heterocycles. The van der Waals surface area contributed by atoms with Gasteiger partial charge in [-0.2, -0.15) is 0 Å². The highest BCUT2D eigenvalue weighted by molar-refractivity contribution is 6.07. The third kappa shape index (κ3) is 4.29. The molecule has 186 valence electrons. The van der Waals surface area contributed by atoms with E-state index in [1.165, 1.54) is 0 Å². The van der Waals surface area contributed by atoms with Gasteiger partial charge in [0.05, 0.1) is 5.52 Å². The van der Waals surface area contributed by atoms with Gasteiger partial charge in [-0.15, -0.1) is 0 Å². The Hall–Kier alpha value is -4.30. The van der Waals surface area contributed by atoms with Crippen LogP contribution in [0.5, 0.6) is 0 Å². The highest BCUT2D eigenvalue weighted by atomic mass is 16.2. The lowest BCUT2D eigenvalue weighted by Crippen LogP contribution is -2.47. The Kier molecular flexibility index (Phi) is 5.81. The number of benzene rings is 3. The summed E-state index contributed by atoms with van der Waals surface area (Å²) in [6.45, 7) is 4.17. The first-order valence-electron chi connectivity index (χ1n) is 12.5. The number of amides is 2. The summed E-state index contributed by atoms with van der Waals surface area (Å²) in [6.07, 6.45) is 0. The maximum Gasteiger partial charge on any atom is 0.273 e. The molecule has 4 aromatic rings. The lowest BCUT2D eigenvalue weighted by molar-refractivity contribution is 0.0664. The number of nitrogens with two attached hydrogens (primary N) is 1. The minimum atomic E-state index is -0.186. The molecular formula is C29H28N6O2. The van der Waals surface area contributed by atoms with Crippen molar-refractivity contribution in [2.75, 3.05) is 39.0 Å². The van der Waals surface area contributed by atoms with E-state index in [0.717, 1.165) is 35.3 Å². The molecule has 0 bridgehead atoms. The number of aromatic nitrogens is 2. The topological polar surface area (TPSA) is 95.7 Å². The fraction of sp³-hybridized carbons (Fsp3) is 0.241. The second-order valence-corrected chi connectivity index (χ2v) is 9.73. The Labute approximate surface area is 215 Å². The van der Waals surface area contributed by atoms with E-state index >= 15 is 0 Å². The predicted octanol–water partition coefficient (Wildman–Crippen LogP) is 3.42. The molecule has 0 radical (unpaired) electrons. The monoisotopic (exact) mass is 492 g/mol.